The van der Waals surface area contributed by atoms with Crippen LogP contribution in [0.15, 0.2) is 54.6 Å². The van der Waals surface area contributed by atoms with E-state index in [4.69, 9.17) is 4.74 Å². The van der Waals surface area contributed by atoms with Crippen LogP contribution in [0.2, 0.25) is 0 Å². The summed E-state index contributed by atoms with van der Waals surface area (Å²) in [6.45, 7) is 0.596. The highest BCUT2D eigenvalue weighted by atomic mass is 16.5. The standard InChI is InChI=1S/C19H19NO3/c1-23-19(22)17-8-5-13-20(17)18(21)16-11-9-15(10-12-16)14-6-3-2-4-7-14/h2-4,6-7,9-12,17H,5,8,13H2,1H3. The van der Waals surface area contributed by atoms with Crippen LogP contribution in [0.25, 0.3) is 11.1 Å². The van der Waals surface area contributed by atoms with Crippen LogP contribution in [0.4, 0.5) is 0 Å². The van der Waals surface area contributed by atoms with E-state index in [1.165, 1.54) is 7.11 Å². The summed E-state index contributed by atoms with van der Waals surface area (Å²) in [7, 11) is 1.36. The zero-order valence-corrected chi connectivity index (χ0v) is 13.1. The first-order valence-corrected chi connectivity index (χ1v) is 7.75. The largest absolute Gasteiger partial charge is 0.467 e. The summed E-state index contributed by atoms with van der Waals surface area (Å²) in [5.41, 5.74) is 2.77. The molecule has 1 atom stereocenters. The van der Waals surface area contributed by atoms with Crippen molar-refractivity contribution in [2.75, 3.05) is 13.7 Å². The molecule has 0 radical (unpaired) electrons. The second-order valence-corrected chi connectivity index (χ2v) is 5.62. The predicted molar refractivity (Wildman–Crippen MR) is 88.0 cm³/mol. The molecule has 0 saturated carbocycles. The van der Waals surface area contributed by atoms with Crippen molar-refractivity contribution < 1.29 is 14.3 Å². The minimum Gasteiger partial charge on any atom is -0.467 e. The van der Waals surface area contributed by atoms with E-state index in [0.717, 1.165) is 17.5 Å². The number of carbonyl (C=O) groups is 2. The molecule has 1 aliphatic rings. The fourth-order valence-electron chi connectivity index (χ4n) is 2.99. The monoisotopic (exact) mass is 309 g/mol. The van der Waals surface area contributed by atoms with Crippen molar-refractivity contribution in [3.63, 3.8) is 0 Å². The molecule has 4 nitrogen and oxygen atoms in total. The van der Waals surface area contributed by atoms with Gasteiger partial charge in [-0.15, -0.1) is 0 Å². The Hall–Kier alpha value is -2.62. The van der Waals surface area contributed by atoms with Gasteiger partial charge in [0.25, 0.3) is 5.91 Å². The normalized spacial score (nSPS) is 17.1. The van der Waals surface area contributed by atoms with Gasteiger partial charge in [-0.1, -0.05) is 42.5 Å². The lowest BCUT2D eigenvalue weighted by molar-refractivity contribution is -0.145. The molecule has 0 aliphatic carbocycles. The Morgan fingerprint density at radius 2 is 1.65 bits per heavy atom. The Morgan fingerprint density at radius 3 is 2.30 bits per heavy atom. The van der Waals surface area contributed by atoms with Crippen LogP contribution in [-0.2, 0) is 9.53 Å². The predicted octanol–water partition coefficient (Wildman–Crippen LogP) is 3.13. The Bertz CT molecular complexity index is 694. The summed E-state index contributed by atoms with van der Waals surface area (Å²) in [5.74, 6) is -0.450. The van der Waals surface area contributed by atoms with Crippen LogP contribution < -0.4 is 0 Å². The molecule has 1 aliphatic heterocycles. The van der Waals surface area contributed by atoms with Crippen LogP contribution in [0, 0.1) is 0 Å². The molecule has 1 saturated heterocycles. The van der Waals surface area contributed by atoms with Gasteiger partial charge < -0.3 is 9.64 Å². The van der Waals surface area contributed by atoms with Crippen LogP contribution in [0.3, 0.4) is 0 Å². The molecule has 1 amide bonds. The average Bonchev–Trinajstić information content (AvgIpc) is 3.11. The van der Waals surface area contributed by atoms with Gasteiger partial charge in [-0.05, 0) is 36.1 Å². The summed E-state index contributed by atoms with van der Waals surface area (Å²) in [6, 6.07) is 17.1. The number of carbonyl (C=O) groups excluding carboxylic acids is 2. The summed E-state index contributed by atoms with van der Waals surface area (Å²) in [4.78, 5) is 26.0. The molecule has 3 rings (SSSR count). The molecule has 1 heterocycles. The molecule has 1 unspecified atom stereocenters. The highest BCUT2D eigenvalue weighted by molar-refractivity contribution is 5.97. The summed E-state index contributed by atoms with van der Waals surface area (Å²) >= 11 is 0. The van der Waals surface area contributed by atoms with E-state index in [2.05, 4.69) is 0 Å². The first-order valence-electron chi connectivity index (χ1n) is 7.75. The SMILES string of the molecule is COC(=O)C1CCCN1C(=O)c1ccc(-c2ccccc2)cc1. The van der Waals surface area contributed by atoms with Crippen molar-refractivity contribution in [2.45, 2.75) is 18.9 Å². The third-order valence-electron chi connectivity index (χ3n) is 4.23. The second-order valence-electron chi connectivity index (χ2n) is 5.62. The second kappa shape index (κ2) is 6.65. The summed E-state index contributed by atoms with van der Waals surface area (Å²) in [6.07, 6.45) is 1.49. The average molecular weight is 309 g/mol. The first-order chi connectivity index (χ1) is 11.2. The molecule has 0 spiro atoms. The van der Waals surface area contributed by atoms with Crippen molar-refractivity contribution in [3.8, 4) is 11.1 Å². The van der Waals surface area contributed by atoms with Crippen LogP contribution >= 0.6 is 0 Å². The number of ether oxygens (including phenoxy) is 1. The molecule has 2 aromatic rings. The lowest BCUT2D eigenvalue weighted by atomic mass is 10.0. The van der Waals surface area contributed by atoms with Gasteiger partial charge in [0.1, 0.15) is 6.04 Å². The van der Waals surface area contributed by atoms with E-state index in [0.29, 0.717) is 18.5 Å². The van der Waals surface area contributed by atoms with Crippen molar-refractivity contribution in [1.82, 2.24) is 4.90 Å². The molecule has 0 N–H and O–H groups in total. The minimum atomic E-state index is -0.457. The van der Waals surface area contributed by atoms with Gasteiger partial charge in [0.05, 0.1) is 7.11 Å². The zero-order chi connectivity index (χ0) is 16.2. The summed E-state index contributed by atoms with van der Waals surface area (Å²) < 4.78 is 4.79. The maximum Gasteiger partial charge on any atom is 0.328 e. The minimum absolute atomic E-state index is 0.113. The molecule has 4 heteroatoms. The maximum absolute atomic E-state index is 12.6. The van der Waals surface area contributed by atoms with E-state index < -0.39 is 6.04 Å². The van der Waals surface area contributed by atoms with Crippen molar-refractivity contribution in [2.24, 2.45) is 0 Å². The molecule has 118 valence electrons. The molecule has 2 aromatic carbocycles. The number of benzene rings is 2. The topological polar surface area (TPSA) is 46.6 Å². The highest BCUT2D eigenvalue weighted by Crippen LogP contribution is 2.23. The number of likely N-dealkylation sites (tertiary alicyclic amines) is 1. The van der Waals surface area contributed by atoms with Crippen LogP contribution in [0.1, 0.15) is 23.2 Å². The van der Waals surface area contributed by atoms with E-state index in [-0.39, 0.29) is 11.9 Å². The molecule has 23 heavy (non-hydrogen) atoms. The lowest BCUT2D eigenvalue weighted by Crippen LogP contribution is -2.41. The van der Waals surface area contributed by atoms with Gasteiger partial charge in [0.2, 0.25) is 0 Å². The molecule has 1 fully saturated rings. The van der Waals surface area contributed by atoms with Gasteiger partial charge in [-0.3, -0.25) is 4.79 Å². The van der Waals surface area contributed by atoms with Gasteiger partial charge in [0, 0.05) is 12.1 Å². The van der Waals surface area contributed by atoms with E-state index in [1.54, 1.807) is 4.90 Å². The maximum atomic E-state index is 12.6. The zero-order valence-electron chi connectivity index (χ0n) is 13.1. The van der Waals surface area contributed by atoms with Gasteiger partial charge in [-0.2, -0.15) is 0 Å². The third kappa shape index (κ3) is 3.11. The lowest BCUT2D eigenvalue weighted by Gasteiger charge is -2.22. The number of nitrogens with zero attached hydrogens (tertiary/aromatic N) is 1. The fourth-order valence-corrected chi connectivity index (χ4v) is 2.99. The first kappa shape index (κ1) is 15.3. The number of methoxy groups -OCH3 is 1. The molecular formula is C19H19NO3. The molecule has 0 bridgehead atoms. The Labute approximate surface area is 135 Å². The fraction of sp³-hybridized carbons (Fsp3) is 0.263. The van der Waals surface area contributed by atoms with Crippen molar-refractivity contribution in [1.29, 1.82) is 0 Å². The van der Waals surface area contributed by atoms with Crippen LogP contribution in [-0.4, -0.2) is 36.5 Å². The van der Waals surface area contributed by atoms with Gasteiger partial charge in [-0.25, -0.2) is 4.79 Å². The van der Waals surface area contributed by atoms with Gasteiger partial charge in [0.15, 0.2) is 0 Å². The van der Waals surface area contributed by atoms with E-state index >= 15 is 0 Å². The quantitative estimate of drug-likeness (QED) is 0.818. The Morgan fingerprint density at radius 1 is 1.00 bits per heavy atom. The van der Waals surface area contributed by atoms with E-state index in [9.17, 15) is 9.59 Å². The number of hydrogen-bond acceptors (Lipinski definition) is 3. The number of hydrogen-bond donors (Lipinski definition) is 0. The Kier molecular flexibility index (Phi) is 4.42. The number of amides is 1. The van der Waals surface area contributed by atoms with Crippen LogP contribution in [0.5, 0.6) is 0 Å². The number of rotatable bonds is 3. The number of esters is 1. The van der Waals surface area contributed by atoms with Crippen molar-refractivity contribution >= 4 is 11.9 Å². The Balaban J connectivity index is 1.79. The smallest absolute Gasteiger partial charge is 0.328 e. The highest BCUT2D eigenvalue weighted by Gasteiger charge is 2.35. The van der Waals surface area contributed by atoms with Crippen molar-refractivity contribution in [3.05, 3.63) is 60.2 Å². The summed E-state index contributed by atoms with van der Waals surface area (Å²) in [5, 5.41) is 0. The third-order valence-corrected chi connectivity index (χ3v) is 4.23. The van der Waals surface area contributed by atoms with Gasteiger partial charge >= 0.3 is 5.97 Å². The molecule has 0 aromatic heterocycles. The van der Waals surface area contributed by atoms with E-state index in [1.807, 2.05) is 54.6 Å². The molecular weight excluding hydrogens is 290 g/mol.